The van der Waals surface area contributed by atoms with E-state index in [1.54, 1.807) is 0 Å². The Kier molecular flexibility index (Phi) is 12.0. The molecule has 0 aliphatic carbocycles. The predicted octanol–water partition coefficient (Wildman–Crippen LogP) is 8.04. The Balaban J connectivity index is 0.000000218. The van der Waals surface area contributed by atoms with Crippen LogP contribution >= 0.6 is 0 Å². The fraction of sp³-hybridized carbons (Fsp3) is 0.143. The van der Waals surface area contributed by atoms with Gasteiger partial charge in [-0.05, 0) is 55.8 Å². The molecule has 0 fully saturated rings. The zero-order valence-electron chi connectivity index (χ0n) is 23.1. The van der Waals surface area contributed by atoms with Crippen molar-refractivity contribution in [1.29, 1.82) is 0 Å². The van der Waals surface area contributed by atoms with E-state index < -0.39 is 0 Å². The van der Waals surface area contributed by atoms with Crippen LogP contribution < -0.4 is 21.7 Å². The van der Waals surface area contributed by atoms with Crippen molar-refractivity contribution in [3.63, 3.8) is 0 Å². The van der Waals surface area contributed by atoms with Gasteiger partial charge in [0.15, 0.2) is 0 Å². The molecule has 0 bridgehead atoms. The molecule has 4 rings (SSSR count). The third kappa shape index (κ3) is 9.55. The van der Waals surface area contributed by atoms with Gasteiger partial charge in [-0.15, -0.1) is 0 Å². The van der Waals surface area contributed by atoms with E-state index in [1.165, 1.54) is 11.1 Å². The van der Waals surface area contributed by atoms with Crippen molar-refractivity contribution in [2.24, 2.45) is 5.73 Å². The van der Waals surface area contributed by atoms with E-state index >= 15 is 0 Å². The lowest BCUT2D eigenvalue weighted by molar-refractivity contribution is 0.411. The number of rotatable bonds is 10. The lowest BCUT2D eigenvalue weighted by atomic mass is 10.0. The van der Waals surface area contributed by atoms with Crippen LogP contribution in [0.5, 0.6) is 0 Å². The van der Waals surface area contributed by atoms with Crippen molar-refractivity contribution in [2.75, 3.05) is 12.4 Å². The molecule has 0 spiro atoms. The van der Waals surface area contributed by atoms with Crippen LogP contribution in [0.2, 0.25) is 0 Å². The van der Waals surface area contributed by atoms with Gasteiger partial charge < -0.3 is 16.4 Å². The summed E-state index contributed by atoms with van der Waals surface area (Å²) in [6, 6.07) is 36.8. The summed E-state index contributed by atoms with van der Waals surface area (Å²) in [5.74, 6) is 0. The standard InChI is InChI=1S/C20H21N.C15H19N3/c1-4-5-6-9-17(3)19-10-7-8-11-20(19)21-18-14-12-16(2)13-15-18;1-17-15(13-10-6-3-7-11-13)18-14(16)12-8-4-2-5-9-12/h4-15,21H,3H2,1-2H3;2-11,14-15,17-18H,16H2,1H3/b5-4-,9-6-;. The summed E-state index contributed by atoms with van der Waals surface area (Å²) in [6.07, 6.45) is 7.88. The van der Waals surface area contributed by atoms with Crippen molar-refractivity contribution in [2.45, 2.75) is 26.2 Å². The van der Waals surface area contributed by atoms with Crippen molar-refractivity contribution >= 4 is 16.9 Å². The van der Waals surface area contributed by atoms with Gasteiger partial charge in [-0.2, -0.15) is 0 Å². The van der Waals surface area contributed by atoms with E-state index in [0.717, 1.165) is 28.1 Å². The first-order valence-electron chi connectivity index (χ1n) is 13.2. The Morgan fingerprint density at radius 2 is 1.36 bits per heavy atom. The summed E-state index contributed by atoms with van der Waals surface area (Å²) in [5, 5.41) is 10.1. The average molecular weight is 517 g/mol. The highest BCUT2D eigenvalue weighted by atomic mass is 15.2. The Hall–Kier alpha value is -4.22. The van der Waals surface area contributed by atoms with Crippen LogP contribution in [-0.2, 0) is 0 Å². The second-order valence-electron chi connectivity index (χ2n) is 9.13. The molecule has 200 valence electrons. The summed E-state index contributed by atoms with van der Waals surface area (Å²) < 4.78 is 0. The zero-order chi connectivity index (χ0) is 27.9. The first kappa shape index (κ1) is 29.3. The van der Waals surface area contributed by atoms with Crippen molar-refractivity contribution in [3.8, 4) is 0 Å². The number of hydrogen-bond donors (Lipinski definition) is 4. The van der Waals surface area contributed by atoms with E-state index in [9.17, 15) is 0 Å². The first-order valence-corrected chi connectivity index (χ1v) is 13.2. The van der Waals surface area contributed by atoms with Gasteiger partial charge in [-0.1, -0.05) is 127 Å². The highest BCUT2D eigenvalue weighted by Gasteiger charge is 2.13. The smallest absolute Gasteiger partial charge is 0.0847 e. The second kappa shape index (κ2) is 15.9. The molecule has 4 aromatic rings. The molecule has 0 amide bonds. The lowest BCUT2D eigenvalue weighted by Gasteiger charge is -2.23. The van der Waals surface area contributed by atoms with Crippen molar-refractivity contribution < 1.29 is 0 Å². The zero-order valence-corrected chi connectivity index (χ0v) is 23.1. The quantitative estimate of drug-likeness (QED) is 0.127. The monoisotopic (exact) mass is 516 g/mol. The number of anilines is 2. The third-order valence-electron chi connectivity index (χ3n) is 6.13. The van der Waals surface area contributed by atoms with E-state index in [1.807, 2.05) is 98.9 Å². The fourth-order valence-electron chi connectivity index (χ4n) is 3.97. The number of benzene rings is 4. The minimum atomic E-state index is -0.191. The van der Waals surface area contributed by atoms with Crippen LogP contribution in [0.15, 0.2) is 140 Å². The minimum Gasteiger partial charge on any atom is -0.355 e. The number of nitrogens with two attached hydrogens (primary N) is 1. The molecule has 4 aromatic carbocycles. The molecule has 4 nitrogen and oxygen atoms in total. The topological polar surface area (TPSA) is 62.1 Å². The maximum atomic E-state index is 6.16. The van der Waals surface area contributed by atoms with Crippen molar-refractivity contribution in [1.82, 2.24) is 10.6 Å². The maximum absolute atomic E-state index is 6.16. The minimum absolute atomic E-state index is 0.0430. The summed E-state index contributed by atoms with van der Waals surface area (Å²) in [4.78, 5) is 0. The van der Waals surface area contributed by atoms with Gasteiger partial charge in [0.05, 0.1) is 12.3 Å². The Morgan fingerprint density at radius 1 is 0.769 bits per heavy atom. The summed E-state index contributed by atoms with van der Waals surface area (Å²) in [6.45, 7) is 8.24. The average Bonchev–Trinajstić information content (AvgIpc) is 2.98. The predicted molar refractivity (Wildman–Crippen MR) is 169 cm³/mol. The molecule has 0 aliphatic heterocycles. The molecule has 0 aliphatic rings. The number of allylic oxidation sites excluding steroid dienone is 5. The molecule has 0 heterocycles. The van der Waals surface area contributed by atoms with Gasteiger partial charge in [0, 0.05) is 16.9 Å². The SMILES string of the molecule is C=C(/C=C\C=C/C)c1ccccc1Nc1ccc(C)cc1.CNC(NC(N)c1ccccc1)c1ccccc1. The van der Waals surface area contributed by atoms with Gasteiger partial charge in [0.25, 0.3) is 0 Å². The molecular weight excluding hydrogens is 476 g/mol. The van der Waals surface area contributed by atoms with Crippen LogP contribution in [0.3, 0.4) is 0 Å². The van der Waals surface area contributed by atoms with Crippen LogP contribution in [0, 0.1) is 6.92 Å². The molecule has 0 aromatic heterocycles. The molecule has 5 N–H and O–H groups in total. The second-order valence-corrected chi connectivity index (χ2v) is 9.13. The lowest BCUT2D eigenvalue weighted by Crippen LogP contribution is -2.38. The maximum Gasteiger partial charge on any atom is 0.0847 e. The van der Waals surface area contributed by atoms with E-state index in [2.05, 4.69) is 78.0 Å². The third-order valence-corrected chi connectivity index (χ3v) is 6.13. The van der Waals surface area contributed by atoms with Crippen LogP contribution in [0.1, 0.15) is 41.5 Å². The van der Waals surface area contributed by atoms with E-state index in [4.69, 9.17) is 5.73 Å². The van der Waals surface area contributed by atoms with Gasteiger partial charge >= 0.3 is 0 Å². The molecular formula is C35H40N4. The Morgan fingerprint density at radius 3 is 1.97 bits per heavy atom. The fourth-order valence-corrected chi connectivity index (χ4v) is 3.97. The summed E-state index contributed by atoms with van der Waals surface area (Å²) in [5.41, 5.74) is 13.9. The largest absolute Gasteiger partial charge is 0.355 e. The molecule has 4 heteroatoms. The van der Waals surface area contributed by atoms with Crippen LogP contribution in [0.4, 0.5) is 11.4 Å². The molecule has 2 unspecified atom stereocenters. The highest BCUT2D eigenvalue weighted by Crippen LogP contribution is 2.27. The number of para-hydroxylation sites is 1. The summed E-state index contributed by atoms with van der Waals surface area (Å²) >= 11 is 0. The van der Waals surface area contributed by atoms with Gasteiger partial charge in [-0.25, -0.2) is 0 Å². The normalized spacial score (nSPS) is 12.5. The first-order chi connectivity index (χ1) is 19.0. The molecule has 0 saturated heterocycles. The molecule has 0 saturated carbocycles. The Bertz CT molecular complexity index is 1330. The number of hydrogen-bond acceptors (Lipinski definition) is 4. The number of nitrogens with one attached hydrogen (secondary N) is 3. The van der Waals surface area contributed by atoms with Gasteiger partial charge in [-0.3, -0.25) is 5.32 Å². The van der Waals surface area contributed by atoms with Crippen molar-refractivity contribution in [3.05, 3.63) is 162 Å². The molecule has 0 radical (unpaired) electrons. The molecule has 2 atom stereocenters. The highest BCUT2D eigenvalue weighted by molar-refractivity contribution is 5.82. The van der Waals surface area contributed by atoms with E-state index in [0.29, 0.717) is 0 Å². The van der Waals surface area contributed by atoms with Crippen LogP contribution in [-0.4, -0.2) is 7.05 Å². The Labute approximate surface area is 234 Å². The van der Waals surface area contributed by atoms with E-state index in [-0.39, 0.29) is 12.3 Å². The number of aryl methyl sites for hydroxylation is 1. The van der Waals surface area contributed by atoms with Gasteiger partial charge in [0.2, 0.25) is 0 Å². The summed E-state index contributed by atoms with van der Waals surface area (Å²) in [7, 11) is 1.92. The van der Waals surface area contributed by atoms with Crippen LogP contribution in [0.25, 0.3) is 5.57 Å². The van der Waals surface area contributed by atoms with Gasteiger partial charge in [0.1, 0.15) is 0 Å². The molecule has 39 heavy (non-hydrogen) atoms.